The van der Waals surface area contributed by atoms with Crippen molar-refractivity contribution >= 4 is 0 Å². The fourth-order valence-corrected chi connectivity index (χ4v) is 1.16. The molecule has 3 heteroatoms. The van der Waals surface area contributed by atoms with E-state index in [1.807, 2.05) is 0 Å². The molecule has 0 spiro atoms. The summed E-state index contributed by atoms with van der Waals surface area (Å²) in [4.78, 5) is 0. The number of hydrogen-bond donors (Lipinski definition) is 3. The van der Waals surface area contributed by atoms with Gasteiger partial charge in [0.15, 0.2) is 11.5 Å². The molecule has 76 valence electrons. The van der Waals surface area contributed by atoms with E-state index in [0.29, 0.717) is 0 Å². The van der Waals surface area contributed by atoms with E-state index < -0.39 is 0 Å². The van der Waals surface area contributed by atoms with E-state index in [1.54, 1.807) is 18.2 Å². The molecule has 14 heavy (non-hydrogen) atoms. The van der Waals surface area contributed by atoms with Gasteiger partial charge in [-0.15, -0.1) is 6.58 Å². The Morgan fingerprint density at radius 1 is 1.29 bits per heavy atom. The van der Waals surface area contributed by atoms with Gasteiger partial charge in [0.1, 0.15) is 0 Å². The average Bonchev–Trinajstić information content (AvgIpc) is 2.18. The predicted molar refractivity (Wildman–Crippen MR) is 56.5 cm³/mol. The van der Waals surface area contributed by atoms with Gasteiger partial charge in [0.25, 0.3) is 0 Å². The van der Waals surface area contributed by atoms with Crippen molar-refractivity contribution in [2.45, 2.75) is 6.42 Å². The van der Waals surface area contributed by atoms with Crippen LogP contribution in [0.3, 0.4) is 0 Å². The van der Waals surface area contributed by atoms with Crippen molar-refractivity contribution < 1.29 is 10.2 Å². The van der Waals surface area contributed by atoms with Crippen LogP contribution in [-0.4, -0.2) is 23.3 Å². The zero-order valence-corrected chi connectivity index (χ0v) is 8.03. The quantitative estimate of drug-likeness (QED) is 0.376. The summed E-state index contributed by atoms with van der Waals surface area (Å²) in [6.45, 7) is 5.21. The molecule has 3 nitrogen and oxygen atoms in total. The van der Waals surface area contributed by atoms with E-state index in [4.69, 9.17) is 5.11 Å². The summed E-state index contributed by atoms with van der Waals surface area (Å²) in [5, 5.41) is 21.4. The fraction of sp³-hybridized carbons (Fsp3) is 0.273. The van der Waals surface area contributed by atoms with Crippen LogP contribution < -0.4 is 5.32 Å². The number of benzene rings is 1. The molecule has 0 saturated heterocycles. The Labute approximate surface area is 83.7 Å². The molecule has 0 heterocycles. The molecule has 3 N–H and O–H groups in total. The van der Waals surface area contributed by atoms with Crippen molar-refractivity contribution in [1.29, 1.82) is 0 Å². The summed E-state index contributed by atoms with van der Waals surface area (Å²) in [5.74, 6) is -0.140. The first-order valence-electron chi connectivity index (χ1n) is 4.56. The Morgan fingerprint density at radius 2 is 2.07 bits per heavy atom. The highest BCUT2D eigenvalue weighted by molar-refractivity contribution is 5.40. The second kappa shape index (κ2) is 5.29. The third kappa shape index (κ3) is 3.11. The lowest BCUT2D eigenvalue weighted by Crippen LogP contribution is -2.16. The molecule has 0 aliphatic heterocycles. The highest BCUT2D eigenvalue weighted by atomic mass is 16.3. The highest BCUT2D eigenvalue weighted by Crippen LogP contribution is 2.24. The maximum Gasteiger partial charge on any atom is 0.157 e. The number of hydrogen-bond acceptors (Lipinski definition) is 3. The van der Waals surface area contributed by atoms with Gasteiger partial charge in [0.2, 0.25) is 0 Å². The summed E-state index contributed by atoms with van der Waals surface area (Å²) in [6.07, 6.45) is 2.62. The molecule has 0 aromatic heterocycles. The molecule has 1 rings (SSSR count). The van der Waals surface area contributed by atoms with Crippen molar-refractivity contribution in [3.05, 3.63) is 36.4 Å². The predicted octanol–water partition coefficient (Wildman–Crippen LogP) is 1.42. The van der Waals surface area contributed by atoms with E-state index in [2.05, 4.69) is 11.9 Å². The van der Waals surface area contributed by atoms with Gasteiger partial charge in [-0.05, 0) is 30.7 Å². The van der Waals surface area contributed by atoms with Gasteiger partial charge in [0.05, 0.1) is 0 Å². The van der Waals surface area contributed by atoms with Gasteiger partial charge in [-0.2, -0.15) is 0 Å². The standard InChI is InChI=1S/C11H15NO2/c1-2-6-12-7-5-9-3-4-10(13)11(14)8-9/h2-4,8,12-14H,1,5-7H2. The molecule has 0 radical (unpaired) electrons. The van der Waals surface area contributed by atoms with Crippen molar-refractivity contribution in [1.82, 2.24) is 5.32 Å². The lowest BCUT2D eigenvalue weighted by molar-refractivity contribution is 0.403. The third-order valence-corrected chi connectivity index (χ3v) is 1.92. The summed E-state index contributed by atoms with van der Waals surface area (Å²) in [7, 11) is 0. The highest BCUT2D eigenvalue weighted by Gasteiger charge is 1.99. The summed E-state index contributed by atoms with van der Waals surface area (Å²) in [5.41, 5.74) is 0.997. The Morgan fingerprint density at radius 3 is 2.71 bits per heavy atom. The molecule has 0 aliphatic carbocycles. The van der Waals surface area contributed by atoms with E-state index in [-0.39, 0.29) is 11.5 Å². The maximum absolute atomic E-state index is 9.22. The lowest BCUT2D eigenvalue weighted by Gasteiger charge is -2.03. The Kier molecular flexibility index (Phi) is 4.01. The van der Waals surface area contributed by atoms with Crippen molar-refractivity contribution in [3.63, 3.8) is 0 Å². The third-order valence-electron chi connectivity index (χ3n) is 1.92. The van der Waals surface area contributed by atoms with Gasteiger partial charge in [-0.25, -0.2) is 0 Å². The van der Waals surface area contributed by atoms with Gasteiger partial charge < -0.3 is 15.5 Å². The summed E-state index contributed by atoms with van der Waals surface area (Å²) >= 11 is 0. The minimum atomic E-state index is -0.0761. The van der Waals surface area contributed by atoms with Crippen molar-refractivity contribution in [2.75, 3.05) is 13.1 Å². The van der Waals surface area contributed by atoms with E-state index in [0.717, 1.165) is 25.1 Å². The second-order valence-corrected chi connectivity index (χ2v) is 3.07. The molecular weight excluding hydrogens is 178 g/mol. The van der Waals surface area contributed by atoms with Crippen LogP contribution in [0.25, 0.3) is 0 Å². The van der Waals surface area contributed by atoms with Crippen LogP contribution in [0.15, 0.2) is 30.9 Å². The summed E-state index contributed by atoms with van der Waals surface area (Å²) in [6, 6.07) is 4.87. The first-order chi connectivity index (χ1) is 6.74. The van der Waals surface area contributed by atoms with Crippen LogP contribution >= 0.6 is 0 Å². The molecule has 0 atom stereocenters. The first kappa shape index (κ1) is 10.6. The largest absolute Gasteiger partial charge is 0.504 e. The topological polar surface area (TPSA) is 52.5 Å². The Bertz CT molecular complexity index is 310. The minimum absolute atomic E-state index is 0.0637. The molecule has 0 saturated carbocycles. The van der Waals surface area contributed by atoms with Crippen LogP contribution in [-0.2, 0) is 6.42 Å². The van der Waals surface area contributed by atoms with Crippen molar-refractivity contribution in [2.24, 2.45) is 0 Å². The maximum atomic E-state index is 9.22. The van der Waals surface area contributed by atoms with Crippen LogP contribution in [0.4, 0.5) is 0 Å². The molecule has 0 bridgehead atoms. The molecule has 1 aromatic carbocycles. The van der Waals surface area contributed by atoms with E-state index in [1.165, 1.54) is 6.07 Å². The number of nitrogens with one attached hydrogen (secondary N) is 1. The second-order valence-electron chi connectivity index (χ2n) is 3.07. The van der Waals surface area contributed by atoms with Gasteiger partial charge in [0, 0.05) is 6.54 Å². The van der Waals surface area contributed by atoms with Gasteiger partial charge in [-0.1, -0.05) is 12.1 Å². The van der Waals surface area contributed by atoms with Crippen molar-refractivity contribution in [3.8, 4) is 11.5 Å². The Balaban J connectivity index is 2.43. The lowest BCUT2D eigenvalue weighted by atomic mass is 10.1. The minimum Gasteiger partial charge on any atom is -0.504 e. The Hall–Kier alpha value is -1.48. The van der Waals surface area contributed by atoms with E-state index in [9.17, 15) is 5.11 Å². The van der Waals surface area contributed by atoms with Crippen LogP contribution in [0.5, 0.6) is 11.5 Å². The fourth-order valence-electron chi connectivity index (χ4n) is 1.16. The normalized spacial score (nSPS) is 10.0. The van der Waals surface area contributed by atoms with Gasteiger partial charge >= 0.3 is 0 Å². The molecule has 0 fully saturated rings. The zero-order chi connectivity index (χ0) is 10.4. The van der Waals surface area contributed by atoms with Crippen LogP contribution in [0.1, 0.15) is 5.56 Å². The number of aromatic hydroxyl groups is 2. The molecular formula is C11H15NO2. The molecule has 0 amide bonds. The van der Waals surface area contributed by atoms with E-state index >= 15 is 0 Å². The summed E-state index contributed by atoms with van der Waals surface area (Å²) < 4.78 is 0. The van der Waals surface area contributed by atoms with Crippen LogP contribution in [0, 0.1) is 0 Å². The molecule has 0 unspecified atom stereocenters. The zero-order valence-electron chi connectivity index (χ0n) is 8.03. The SMILES string of the molecule is C=CCNCCc1ccc(O)c(O)c1. The molecule has 1 aromatic rings. The monoisotopic (exact) mass is 193 g/mol. The number of phenols is 2. The molecule has 0 aliphatic rings. The smallest absolute Gasteiger partial charge is 0.157 e. The number of phenolic OH excluding ortho intramolecular Hbond substituents is 2. The van der Waals surface area contributed by atoms with Gasteiger partial charge in [-0.3, -0.25) is 0 Å². The first-order valence-corrected chi connectivity index (χ1v) is 4.56. The van der Waals surface area contributed by atoms with Crippen LogP contribution in [0.2, 0.25) is 0 Å². The average molecular weight is 193 g/mol. The number of rotatable bonds is 5.